The van der Waals surface area contributed by atoms with Crippen molar-refractivity contribution in [2.75, 3.05) is 5.32 Å². The number of aryl methyl sites for hydroxylation is 1. The van der Waals surface area contributed by atoms with Gasteiger partial charge in [0.25, 0.3) is 11.6 Å². The molecule has 20 heavy (non-hydrogen) atoms. The van der Waals surface area contributed by atoms with Gasteiger partial charge in [-0.3, -0.25) is 14.9 Å². The molecule has 0 saturated heterocycles. The Morgan fingerprint density at radius 2 is 1.95 bits per heavy atom. The molecule has 0 spiro atoms. The monoisotopic (exact) mass is 334 g/mol. The predicted molar refractivity (Wildman–Crippen MR) is 79.9 cm³/mol. The molecular formula is C14H11BrN2O3. The largest absolute Gasteiger partial charge is 0.316 e. The number of nitro benzene ring substituents is 1. The van der Waals surface area contributed by atoms with Crippen LogP contribution in [0.3, 0.4) is 0 Å². The number of amides is 1. The van der Waals surface area contributed by atoms with Crippen LogP contribution in [0.4, 0.5) is 11.4 Å². The Morgan fingerprint density at radius 3 is 2.60 bits per heavy atom. The van der Waals surface area contributed by atoms with Crippen molar-refractivity contribution >= 4 is 33.2 Å². The Morgan fingerprint density at radius 1 is 1.25 bits per heavy atom. The number of benzene rings is 2. The van der Waals surface area contributed by atoms with Gasteiger partial charge in [-0.15, -0.1) is 0 Å². The molecule has 1 N–H and O–H groups in total. The van der Waals surface area contributed by atoms with E-state index in [9.17, 15) is 14.9 Å². The molecule has 1 amide bonds. The summed E-state index contributed by atoms with van der Waals surface area (Å²) in [6.45, 7) is 1.87. The Hall–Kier alpha value is -2.21. The molecule has 102 valence electrons. The number of nitrogens with zero attached hydrogens (tertiary/aromatic N) is 1. The van der Waals surface area contributed by atoms with E-state index < -0.39 is 4.92 Å². The van der Waals surface area contributed by atoms with Crippen LogP contribution >= 0.6 is 15.9 Å². The molecule has 0 aliphatic carbocycles. The molecule has 0 heterocycles. The van der Waals surface area contributed by atoms with Crippen molar-refractivity contribution in [1.82, 2.24) is 0 Å². The maximum atomic E-state index is 12.1. The lowest BCUT2D eigenvalue weighted by Crippen LogP contribution is -2.13. The van der Waals surface area contributed by atoms with Crippen molar-refractivity contribution in [2.45, 2.75) is 6.92 Å². The van der Waals surface area contributed by atoms with Gasteiger partial charge in [0.1, 0.15) is 5.69 Å². The number of hydrogen-bond donors (Lipinski definition) is 1. The number of carbonyl (C=O) groups excluding carboxylic acids is 1. The lowest BCUT2D eigenvalue weighted by Gasteiger charge is -2.07. The lowest BCUT2D eigenvalue weighted by molar-refractivity contribution is -0.383. The van der Waals surface area contributed by atoms with Crippen molar-refractivity contribution in [3.63, 3.8) is 0 Å². The summed E-state index contributed by atoms with van der Waals surface area (Å²) in [7, 11) is 0. The molecule has 2 aromatic rings. The van der Waals surface area contributed by atoms with Crippen molar-refractivity contribution in [3.8, 4) is 0 Å². The van der Waals surface area contributed by atoms with E-state index in [0.29, 0.717) is 5.56 Å². The Labute approximate surface area is 123 Å². The van der Waals surface area contributed by atoms with Crippen LogP contribution in [-0.4, -0.2) is 10.8 Å². The highest BCUT2D eigenvalue weighted by Crippen LogP contribution is 2.24. The second kappa shape index (κ2) is 5.83. The zero-order valence-electron chi connectivity index (χ0n) is 10.6. The number of nitro groups is 1. The zero-order valence-corrected chi connectivity index (χ0v) is 12.2. The Balaban J connectivity index is 2.30. The molecule has 2 rings (SSSR count). The SMILES string of the molecule is Cc1cc(Br)cc(C(=O)Nc2ccccc2[N+](=O)[O-])c1. The molecule has 0 aliphatic rings. The summed E-state index contributed by atoms with van der Waals surface area (Å²) in [6, 6.07) is 11.3. The number of hydrogen-bond acceptors (Lipinski definition) is 3. The van der Waals surface area contributed by atoms with E-state index in [2.05, 4.69) is 21.2 Å². The summed E-state index contributed by atoms with van der Waals surface area (Å²) in [5.41, 5.74) is 1.41. The first-order chi connectivity index (χ1) is 9.47. The van der Waals surface area contributed by atoms with Crippen LogP contribution in [0.15, 0.2) is 46.9 Å². The number of nitrogens with one attached hydrogen (secondary N) is 1. The van der Waals surface area contributed by atoms with Crippen molar-refractivity contribution in [3.05, 3.63) is 68.2 Å². The number of para-hydroxylation sites is 2. The van der Waals surface area contributed by atoms with E-state index in [1.807, 2.05) is 13.0 Å². The number of rotatable bonds is 3. The quantitative estimate of drug-likeness (QED) is 0.683. The minimum absolute atomic E-state index is 0.132. The van der Waals surface area contributed by atoms with Crippen LogP contribution in [0.5, 0.6) is 0 Å². The van der Waals surface area contributed by atoms with Crippen molar-refractivity contribution in [2.24, 2.45) is 0 Å². The minimum Gasteiger partial charge on any atom is -0.316 e. The maximum absolute atomic E-state index is 12.1. The highest BCUT2D eigenvalue weighted by Gasteiger charge is 2.16. The second-order valence-electron chi connectivity index (χ2n) is 4.25. The van der Waals surface area contributed by atoms with Gasteiger partial charge >= 0.3 is 0 Å². The van der Waals surface area contributed by atoms with E-state index in [0.717, 1.165) is 10.0 Å². The first-order valence-corrected chi connectivity index (χ1v) is 6.58. The Bertz CT molecular complexity index is 666. The summed E-state index contributed by atoms with van der Waals surface area (Å²) >= 11 is 3.32. The van der Waals surface area contributed by atoms with Gasteiger partial charge in [-0.2, -0.15) is 0 Å². The van der Waals surface area contributed by atoms with Crippen LogP contribution in [0.1, 0.15) is 15.9 Å². The molecule has 0 aliphatic heterocycles. The van der Waals surface area contributed by atoms with Crippen LogP contribution in [0.2, 0.25) is 0 Å². The van der Waals surface area contributed by atoms with Gasteiger partial charge in [0.05, 0.1) is 4.92 Å². The molecule has 5 nitrogen and oxygen atoms in total. The Kier molecular flexibility index (Phi) is 4.14. The molecule has 0 atom stereocenters. The summed E-state index contributed by atoms with van der Waals surface area (Å²) in [5, 5.41) is 13.5. The van der Waals surface area contributed by atoms with Gasteiger partial charge in [-0.25, -0.2) is 0 Å². The van der Waals surface area contributed by atoms with Gasteiger partial charge in [-0.1, -0.05) is 28.1 Å². The molecule has 2 aromatic carbocycles. The first kappa shape index (κ1) is 14.2. The smallest absolute Gasteiger partial charge is 0.292 e. The number of carbonyl (C=O) groups is 1. The summed E-state index contributed by atoms with van der Waals surface area (Å²) in [4.78, 5) is 22.5. The van der Waals surface area contributed by atoms with E-state index in [-0.39, 0.29) is 17.3 Å². The van der Waals surface area contributed by atoms with Gasteiger partial charge in [0, 0.05) is 16.1 Å². The molecule has 0 saturated carbocycles. The summed E-state index contributed by atoms with van der Waals surface area (Å²) in [5.74, 6) is -0.385. The van der Waals surface area contributed by atoms with Gasteiger partial charge < -0.3 is 5.32 Å². The third-order valence-electron chi connectivity index (χ3n) is 2.65. The third kappa shape index (κ3) is 3.21. The number of halogens is 1. The van der Waals surface area contributed by atoms with Gasteiger partial charge in [-0.05, 0) is 36.8 Å². The van der Waals surface area contributed by atoms with Crippen LogP contribution in [0.25, 0.3) is 0 Å². The average Bonchev–Trinajstić information content (AvgIpc) is 2.37. The fourth-order valence-electron chi connectivity index (χ4n) is 1.80. The van der Waals surface area contributed by atoms with Crippen molar-refractivity contribution < 1.29 is 9.72 Å². The standard InChI is InChI=1S/C14H11BrN2O3/c1-9-6-10(8-11(15)7-9)14(18)16-12-4-2-3-5-13(12)17(19)20/h2-8H,1H3,(H,16,18). The lowest BCUT2D eigenvalue weighted by atomic mass is 10.1. The van der Waals surface area contributed by atoms with Crippen LogP contribution in [0, 0.1) is 17.0 Å². The van der Waals surface area contributed by atoms with Gasteiger partial charge in [0.2, 0.25) is 0 Å². The first-order valence-electron chi connectivity index (χ1n) is 5.79. The highest BCUT2D eigenvalue weighted by molar-refractivity contribution is 9.10. The minimum atomic E-state index is -0.526. The third-order valence-corrected chi connectivity index (χ3v) is 3.11. The average molecular weight is 335 g/mol. The van der Waals surface area contributed by atoms with E-state index in [1.165, 1.54) is 12.1 Å². The van der Waals surface area contributed by atoms with Crippen molar-refractivity contribution in [1.29, 1.82) is 0 Å². The molecule has 6 heteroatoms. The predicted octanol–water partition coefficient (Wildman–Crippen LogP) is 3.92. The molecular weight excluding hydrogens is 324 g/mol. The fraction of sp³-hybridized carbons (Fsp3) is 0.0714. The van der Waals surface area contributed by atoms with E-state index in [1.54, 1.807) is 24.3 Å². The van der Waals surface area contributed by atoms with Gasteiger partial charge in [0.15, 0.2) is 0 Å². The zero-order chi connectivity index (χ0) is 14.7. The molecule has 0 unspecified atom stereocenters. The normalized spacial score (nSPS) is 10.1. The highest BCUT2D eigenvalue weighted by atomic mass is 79.9. The van der Waals surface area contributed by atoms with Crippen LogP contribution in [-0.2, 0) is 0 Å². The molecule has 0 fully saturated rings. The molecule has 0 radical (unpaired) electrons. The summed E-state index contributed by atoms with van der Waals surface area (Å²) < 4.78 is 0.783. The number of anilines is 1. The fourth-order valence-corrected chi connectivity index (χ4v) is 2.41. The maximum Gasteiger partial charge on any atom is 0.292 e. The van der Waals surface area contributed by atoms with Crippen LogP contribution < -0.4 is 5.32 Å². The van der Waals surface area contributed by atoms with E-state index >= 15 is 0 Å². The topological polar surface area (TPSA) is 72.2 Å². The molecule has 0 aromatic heterocycles. The van der Waals surface area contributed by atoms with E-state index in [4.69, 9.17) is 0 Å². The second-order valence-corrected chi connectivity index (χ2v) is 5.16. The molecule has 0 bridgehead atoms. The summed E-state index contributed by atoms with van der Waals surface area (Å²) in [6.07, 6.45) is 0.